The van der Waals surface area contributed by atoms with Gasteiger partial charge in [-0.1, -0.05) is 29.8 Å². The fourth-order valence-electron chi connectivity index (χ4n) is 4.41. The van der Waals surface area contributed by atoms with Crippen molar-refractivity contribution in [2.24, 2.45) is 0 Å². The topological polar surface area (TPSA) is 80.8 Å². The molecule has 1 aliphatic heterocycles. The average molecular weight is 512 g/mol. The molecule has 3 aromatic rings. The summed E-state index contributed by atoms with van der Waals surface area (Å²) in [5.74, 6) is -0.00238. The van der Waals surface area contributed by atoms with Crippen LogP contribution in [0.2, 0.25) is 5.02 Å². The number of piperidine rings is 1. The lowest BCUT2D eigenvalue weighted by Crippen LogP contribution is -2.39. The Hall–Kier alpha value is -3.65. The zero-order valence-corrected chi connectivity index (χ0v) is 20.8. The summed E-state index contributed by atoms with van der Waals surface area (Å²) in [6.45, 7) is 1.19. The molecule has 0 saturated carbocycles. The van der Waals surface area contributed by atoms with E-state index in [0.717, 1.165) is 18.4 Å². The summed E-state index contributed by atoms with van der Waals surface area (Å²) in [6, 6.07) is 13.7. The van der Waals surface area contributed by atoms with E-state index in [1.54, 1.807) is 17.0 Å². The smallest absolute Gasteiger partial charge is 0.278 e. The van der Waals surface area contributed by atoms with Gasteiger partial charge in [-0.05, 0) is 48.6 Å². The number of likely N-dealkylation sites (tertiary alicyclic amines) is 1. The van der Waals surface area contributed by atoms with Crippen LogP contribution in [0.25, 0.3) is 0 Å². The summed E-state index contributed by atoms with van der Waals surface area (Å²) in [6.07, 6.45) is 3.04. The third-order valence-electron chi connectivity index (χ3n) is 6.38. The number of hydrogen-bond donors (Lipinski definition) is 1. The van der Waals surface area contributed by atoms with Crippen LogP contribution in [0, 0.1) is 5.82 Å². The molecule has 1 N–H and O–H groups in total. The van der Waals surface area contributed by atoms with Crippen LogP contribution in [-0.2, 0) is 11.2 Å². The maximum Gasteiger partial charge on any atom is 0.278 e. The Morgan fingerprint density at radius 3 is 2.44 bits per heavy atom. The number of amides is 2. The van der Waals surface area contributed by atoms with Gasteiger partial charge in [-0.25, -0.2) is 9.37 Å². The summed E-state index contributed by atoms with van der Waals surface area (Å²) in [4.78, 5) is 31.3. The van der Waals surface area contributed by atoms with E-state index in [1.165, 1.54) is 32.5 Å². The van der Waals surface area contributed by atoms with Crippen LogP contribution in [0.4, 0.5) is 10.1 Å². The molecule has 2 amide bonds. The third kappa shape index (κ3) is 5.60. The van der Waals surface area contributed by atoms with Crippen molar-refractivity contribution < 1.29 is 23.5 Å². The number of hydrogen-bond acceptors (Lipinski definition) is 5. The number of ether oxygens (including phenoxy) is 2. The van der Waals surface area contributed by atoms with Crippen molar-refractivity contribution in [1.29, 1.82) is 0 Å². The molecule has 1 aromatic heterocycles. The SMILES string of the molecule is COc1ccnc(C(=O)Nc2ccc(C3CCN(C(=O)Cc4c(F)cccc4Cl)CC3)cc2)c1OC. The van der Waals surface area contributed by atoms with E-state index in [9.17, 15) is 14.0 Å². The molecule has 188 valence electrons. The summed E-state index contributed by atoms with van der Waals surface area (Å²) >= 11 is 6.07. The Morgan fingerprint density at radius 2 is 1.81 bits per heavy atom. The molecule has 36 heavy (non-hydrogen) atoms. The second kappa shape index (κ2) is 11.4. The van der Waals surface area contributed by atoms with Crippen LogP contribution < -0.4 is 14.8 Å². The molecular weight excluding hydrogens is 485 g/mol. The van der Waals surface area contributed by atoms with Gasteiger partial charge in [0, 0.05) is 41.6 Å². The first kappa shape index (κ1) is 25.4. The van der Waals surface area contributed by atoms with Crippen molar-refractivity contribution in [1.82, 2.24) is 9.88 Å². The number of anilines is 1. The van der Waals surface area contributed by atoms with Crippen LogP contribution in [0.3, 0.4) is 0 Å². The zero-order valence-electron chi connectivity index (χ0n) is 20.1. The Kier molecular flexibility index (Phi) is 8.05. The number of halogens is 2. The number of nitrogens with zero attached hydrogens (tertiary/aromatic N) is 2. The number of carbonyl (C=O) groups excluding carboxylic acids is 2. The van der Waals surface area contributed by atoms with E-state index in [4.69, 9.17) is 21.1 Å². The molecule has 1 fully saturated rings. The van der Waals surface area contributed by atoms with Crippen molar-refractivity contribution in [2.75, 3.05) is 32.6 Å². The van der Waals surface area contributed by atoms with Crippen LogP contribution in [-0.4, -0.2) is 49.0 Å². The molecule has 0 radical (unpaired) electrons. The highest BCUT2D eigenvalue weighted by atomic mass is 35.5. The molecule has 0 bridgehead atoms. The van der Waals surface area contributed by atoms with Gasteiger partial charge in [0.2, 0.25) is 5.91 Å². The highest BCUT2D eigenvalue weighted by Gasteiger charge is 2.25. The van der Waals surface area contributed by atoms with Crippen molar-refractivity contribution in [3.63, 3.8) is 0 Å². The monoisotopic (exact) mass is 511 g/mol. The van der Waals surface area contributed by atoms with E-state index in [1.807, 2.05) is 24.3 Å². The van der Waals surface area contributed by atoms with Crippen molar-refractivity contribution >= 4 is 29.1 Å². The van der Waals surface area contributed by atoms with Gasteiger partial charge in [0.15, 0.2) is 17.2 Å². The lowest BCUT2D eigenvalue weighted by atomic mass is 9.89. The van der Waals surface area contributed by atoms with E-state index >= 15 is 0 Å². The Bertz CT molecular complexity index is 1220. The highest BCUT2D eigenvalue weighted by Crippen LogP contribution is 2.31. The standard InChI is InChI=1S/C27H27ClFN3O4/c1-35-23-10-13-30-25(26(23)36-2)27(34)31-19-8-6-17(7-9-19)18-11-14-32(15-12-18)24(33)16-20-21(28)4-3-5-22(20)29/h3-10,13,18H,11-12,14-16H2,1-2H3,(H,31,34). The Labute approximate surface area is 214 Å². The fourth-order valence-corrected chi connectivity index (χ4v) is 4.64. The predicted octanol–water partition coefficient (Wildman–Crippen LogP) is 5.09. The molecule has 1 saturated heterocycles. The maximum atomic E-state index is 14.0. The number of pyridine rings is 1. The highest BCUT2D eigenvalue weighted by molar-refractivity contribution is 6.31. The van der Waals surface area contributed by atoms with E-state index in [0.29, 0.717) is 24.5 Å². The van der Waals surface area contributed by atoms with Gasteiger partial charge >= 0.3 is 0 Å². The van der Waals surface area contributed by atoms with E-state index in [-0.39, 0.29) is 40.3 Å². The van der Waals surface area contributed by atoms with Crippen LogP contribution in [0.5, 0.6) is 11.5 Å². The fraction of sp³-hybridized carbons (Fsp3) is 0.296. The number of benzene rings is 2. The summed E-state index contributed by atoms with van der Waals surface area (Å²) in [7, 11) is 2.95. The molecule has 2 heterocycles. The molecule has 4 rings (SSSR count). The second-order valence-electron chi connectivity index (χ2n) is 8.50. The van der Waals surface area contributed by atoms with Crippen LogP contribution in [0.15, 0.2) is 54.7 Å². The number of methoxy groups -OCH3 is 2. The summed E-state index contributed by atoms with van der Waals surface area (Å²) in [5.41, 5.74) is 2.14. The van der Waals surface area contributed by atoms with Gasteiger partial charge in [0.25, 0.3) is 5.91 Å². The van der Waals surface area contributed by atoms with Gasteiger partial charge in [-0.15, -0.1) is 0 Å². The van der Waals surface area contributed by atoms with Gasteiger partial charge in [0.05, 0.1) is 20.6 Å². The predicted molar refractivity (Wildman–Crippen MR) is 135 cm³/mol. The number of rotatable bonds is 7. The molecule has 2 aromatic carbocycles. The lowest BCUT2D eigenvalue weighted by Gasteiger charge is -2.32. The van der Waals surface area contributed by atoms with Crippen LogP contribution in [0.1, 0.15) is 40.4 Å². The van der Waals surface area contributed by atoms with Gasteiger partial charge < -0.3 is 19.7 Å². The number of carbonyl (C=O) groups is 2. The van der Waals surface area contributed by atoms with Crippen molar-refractivity contribution in [2.45, 2.75) is 25.2 Å². The minimum atomic E-state index is -0.460. The second-order valence-corrected chi connectivity index (χ2v) is 8.91. The van der Waals surface area contributed by atoms with Crippen molar-refractivity contribution in [3.05, 3.63) is 82.4 Å². The molecule has 1 aliphatic rings. The first-order chi connectivity index (χ1) is 17.4. The van der Waals surface area contributed by atoms with E-state index in [2.05, 4.69) is 10.3 Å². The van der Waals surface area contributed by atoms with Gasteiger partial charge in [-0.2, -0.15) is 0 Å². The quantitative estimate of drug-likeness (QED) is 0.478. The Morgan fingerprint density at radius 1 is 1.08 bits per heavy atom. The van der Waals surface area contributed by atoms with Gasteiger partial charge in [-0.3, -0.25) is 9.59 Å². The Balaban J connectivity index is 1.34. The van der Waals surface area contributed by atoms with Crippen molar-refractivity contribution in [3.8, 4) is 11.5 Å². The molecular formula is C27H27ClFN3O4. The molecule has 0 spiro atoms. The number of aromatic nitrogens is 1. The molecule has 0 unspecified atom stereocenters. The average Bonchev–Trinajstić information content (AvgIpc) is 2.90. The minimum Gasteiger partial charge on any atom is -0.493 e. The molecule has 0 aliphatic carbocycles. The first-order valence-electron chi connectivity index (χ1n) is 11.6. The minimum absolute atomic E-state index is 0.0441. The lowest BCUT2D eigenvalue weighted by molar-refractivity contribution is -0.131. The normalized spacial score (nSPS) is 13.8. The number of nitrogens with one attached hydrogen (secondary N) is 1. The summed E-state index contributed by atoms with van der Waals surface area (Å²) < 4.78 is 24.6. The first-order valence-corrected chi connectivity index (χ1v) is 12.0. The third-order valence-corrected chi connectivity index (χ3v) is 6.74. The van der Waals surface area contributed by atoms with Crippen LogP contribution >= 0.6 is 11.6 Å². The molecule has 7 nitrogen and oxygen atoms in total. The van der Waals surface area contributed by atoms with Gasteiger partial charge in [0.1, 0.15) is 5.82 Å². The zero-order chi connectivity index (χ0) is 25.7. The largest absolute Gasteiger partial charge is 0.493 e. The van der Waals surface area contributed by atoms with E-state index < -0.39 is 11.7 Å². The molecule has 9 heteroatoms. The molecule has 0 atom stereocenters. The summed E-state index contributed by atoms with van der Waals surface area (Å²) in [5, 5.41) is 3.11. The maximum absolute atomic E-state index is 14.0.